The molecule has 2 aliphatic rings. The van der Waals surface area contributed by atoms with Crippen LogP contribution in [-0.2, 0) is 16.0 Å². The van der Waals surface area contributed by atoms with E-state index >= 15 is 0 Å². The number of unbranched alkanes of at least 4 members (excludes halogenated alkanes) is 1. The van der Waals surface area contributed by atoms with Gasteiger partial charge in [0.2, 0.25) is 5.91 Å². The number of aryl methyl sites for hydroxylation is 1. The molecule has 2 aliphatic heterocycles. The molecule has 0 unspecified atom stereocenters. The molecule has 0 aromatic heterocycles. The minimum absolute atomic E-state index is 0.0775. The summed E-state index contributed by atoms with van der Waals surface area (Å²) in [5.41, 5.74) is 4.98. The molecule has 0 aliphatic carbocycles. The Kier molecular flexibility index (Phi) is 11.3. The molecule has 11 heteroatoms. The second kappa shape index (κ2) is 14.6. The quantitative estimate of drug-likeness (QED) is 0.217. The van der Waals surface area contributed by atoms with E-state index in [0.29, 0.717) is 35.2 Å². The molecule has 242 valence electrons. The normalized spacial score (nSPS) is 16.1. The summed E-state index contributed by atoms with van der Waals surface area (Å²) in [7, 11) is 1.69. The van der Waals surface area contributed by atoms with Crippen molar-refractivity contribution in [2.45, 2.75) is 65.8 Å². The molecule has 0 atom stereocenters. The molecule has 9 nitrogen and oxygen atoms in total. The third-order valence-electron chi connectivity index (χ3n) is 9.16. The number of piperazine rings is 1. The van der Waals surface area contributed by atoms with Gasteiger partial charge in [-0.15, -0.1) is 0 Å². The molecular formula is C33H47Cl2N5O4. The molecule has 0 saturated carbocycles. The average Bonchev–Trinajstić information content (AvgIpc) is 2.98. The lowest BCUT2D eigenvalue weighted by Gasteiger charge is -2.46. The number of nitrogens with one attached hydrogen (secondary N) is 1. The fraction of sp³-hybridized carbons (Fsp3) is 0.576. The van der Waals surface area contributed by atoms with Crippen LogP contribution in [0.4, 0.5) is 16.2 Å². The standard InChI is InChI=1S/C33H47Cl2N5O4/c1-32(2,3)33(4,5)40(36-6)31(42)44-23-39-28-22-25(14-12-24(28)13-15-29(39)41)43-21-8-7-16-37-17-19-38(20-18-37)27-11-9-10-26(34)30(27)35/h9-12,14,22,36H,7-8,13,15-21,23H2,1-6H3. The maximum Gasteiger partial charge on any atom is 0.426 e. The molecule has 2 heterocycles. The van der Waals surface area contributed by atoms with Crippen molar-refractivity contribution in [3.63, 3.8) is 0 Å². The van der Waals surface area contributed by atoms with Crippen molar-refractivity contribution in [1.29, 1.82) is 0 Å². The lowest BCUT2D eigenvalue weighted by molar-refractivity contribution is -0.119. The summed E-state index contributed by atoms with van der Waals surface area (Å²) in [6, 6.07) is 11.6. The molecule has 2 aromatic rings. The third-order valence-corrected chi connectivity index (χ3v) is 9.97. The molecular weight excluding hydrogens is 601 g/mol. The number of carbonyl (C=O) groups excluding carboxylic acids is 2. The summed E-state index contributed by atoms with van der Waals surface area (Å²) in [6.07, 6.45) is 2.43. The molecule has 44 heavy (non-hydrogen) atoms. The SMILES string of the molecule is CNN(C(=O)OCN1C(=O)CCc2ccc(OCCCCN3CCN(c4cccc(Cl)c4Cl)CC3)cc21)C(C)(C)C(C)(C)C. The number of fused-ring (bicyclic) bond motifs is 1. The Balaban J connectivity index is 1.25. The Morgan fingerprint density at radius 2 is 1.70 bits per heavy atom. The van der Waals surface area contributed by atoms with E-state index < -0.39 is 11.6 Å². The second-order valence-electron chi connectivity index (χ2n) is 13.0. The topological polar surface area (TPSA) is 77.6 Å². The Morgan fingerprint density at radius 3 is 2.39 bits per heavy atom. The van der Waals surface area contributed by atoms with E-state index in [9.17, 15) is 9.59 Å². The Morgan fingerprint density at radius 1 is 0.977 bits per heavy atom. The predicted molar refractivity (Wildman–Crippen MR) is 178 cm³/mol. The summed E-state index contributed by atoms with van der Waals surface area (Å²) in [5.74, 6) is 0.624. The van der Waals surface area contributed by atoms with Crippen molar-refractivity contribution < 1.29 is 19.1 Å². The molecule has 0 spiro atoms. The Labute approximate surface area is 272 Å². The van der Waals surface area contributed by atoms with Gasteiger partial charge in [0.25, 0.3) is 0 Å². The highest BCUT2D eigenvalue weighted by Crippen LogP contribution is 2.36. The van der Waals surface area contributed by atoms with Gasteiger partial charge in [-0.1, -0.05) is 56.1 Å². The Bertz CT molecular complexity index is 1310. The van der Waals surface area contributed by atoms with Gasteiger partial charge < -0.3 is 14.4 Å². The van der Waals surface area contributed by atoms with Crippen LogP contribution in [0.1, 0.15) is 59.4 Å². The monoisotopic (exact) mass is 647 g/mol. The van der Waals surface area contributed by atoms with Crippen molar-refractivity contribution in [2.75, 3.05) is 62.9 Å². The summed E-state index contributed by atoms with van der Waals surface area (Å²) in [4.78, 5) is 32.3. The molecule has 1 saturated heterocycles. The number of nitrogens with zero attached hydrogens (tertiary/aromatic N) is 4. The van der Waals surface area contributed by atoms with Crippen LogP contribution in [0.15, 0.2) is 36.4 Å². The van der Waals surface area contributed by atoms with Crippen LogP contribution in [0.2, 0.25) is 10.0 Å². The lowest BCUT2D eigenvalue weighted by Crippen LogP contribution is -2.60. The highest BCUT2D eigenvalue weighted by Gasteiger charge is 2.42. The van der Waals surface area contributed by atoms with Crippen LogP contribution in [0, 0.1) is 5.41 Å². The first kappa shape index (κ1) is 34.2. The minimum atomic E-state index is -0.538. The molecule has 0 radical (unpaired) electrons. The van der Waals surface area contributed by atoms with Crippen LogP contribution in [0.5, 0.6) is 5.75 Å². The van der Waals surface area contributed by atoms with Gasteiger partial charge >= 0.3 is 6.09 Å². The molecule has 0 bridgehead atoms. The van der Waals surface area contributed by atoms with E-state index in [0.717, 1.165) is 62.5 Å². The molecule has 2 amide bonds. The number of rotatable bonds is 11. The zero-order chi connectivity index (χ0) is 32.1. The highest BCUT2D eigenvalue weighted by atomic mass is 35.5. The molecule has 4 rings (SSSR count). The summed E-state index contributed by atoms with van der Waals surface area (Å²) < 4.78 is 11.8. The average molecular weight is 649 g/mol. The van der Waals surface area contributed by atoms with Gasteiger partial charge in [0.15, 0.2) is 6.73 Å². The number of hydrogen-bond acceptors (Lipinski definition) is 7. The number of carbonyl (C=O) groups is 2. The van der Waals surface area contributed by atoms with Crippen molar-refractivity contribution in [3.05, 3.63) is 52.0 Å². The third kappa shape index (κ3) is 7.91. The summed E-state index contributed by atoms with van der Waals surface area (Å²) in [5, 5.41) is 2.69. The summed E-state index contributed by atoms with van der Waals surface area (Å²) in [6.45, 7) is 15.4. The van der Waals surface area contributed by atoms with Crippen molar-refractivity contribution in [1.82, 2.24) is 15.3 Å². The zero-order valence-corrected chi connectivity index (χ0v) is 28.4. The first-order valence-corrected chi connectivity index (χ1v) is 16.2. The van der Waals surface area contributed by atoms with E-state index in [1.54, 1.807) is 7.05 Å². The van der Waals surface area contributed by atoms with E-state index in [1.807, 2.05) is 50.2 Å². The largest absolute Gasteiger partial charge is 0.494 e. The van der Waals surface area contributed by atoms with Gasteiger partial charge in [-0.3, -0.25) is 14.6 Å². The van der Waals surface area contributed by atoms with Crippen LogP contribution in [-0.4, -0.2) is 80.6 Å². The fourth-order valence-electron chi connectivity index (χ4n) is 5.44. The second-order valence-corrected chi connectivity index (χ2v) is 13.8. The summed E-state index contributed by atoms with van der Waals surface area (Å²) >= 11 is 12.6. The molecule has 1 N–H and O–H groups in total. The van der Waals surface area contributed by atoms with Gasteiger partial charge in [0.1, 0.15) is 5.75 Å². The first-order chi connectivity index (χ1) is 20.8. The highest BCUT2D eigenvalue weighted by molar-refractivity contribution is 6.43. The Hall–Kier alpha value is -2.72. The number of ether oxygens (including phenoxy) is 2. The zero-order valence-electron chi connectivity index (χ0n) is 26.9. The first-order valence-electron chi connectivity index (χ1n) is 15.4. The number of hydrazine groups is 1. The number of anilines is 2. The fourth-order valence-corrected chi connectivity index (χ4v) is 5.86. The van der Waals surface area contributed by atoms with Crippen molar-refractivity contribution >= 4 is 46.6 Å². The van der Waals surface area contributed by atoms with Gasteiger partial charge in [-0.05, 0) is 68.8 Å². The van der Waals surface area contributed by atoms with Gasteiger partial charge in [-0.2, -0.15) is 0 Å². The molecule has 2 aromatic carbocycles. The van der Waals surface area contributed by atoms with Crippen LogP contribution in [0.3, 0.4) is 0 Å². The number of halogens is 2. The van der Waals surface area contributed by atoms with Crippen molar-refractivity contribution in [3.8, 4) is 5.75 Å². The maximum absolute atomic E-state index is 13.1. The van der Waals surface area contributed by atoms with E-state index in [2.05, 4.69) is 36.0 Å². The van der Waals surface area contributed by atoms with E-state index in [1.165, 1.54) is 9.91 Å². The number of hydrogen-bond donors (Lipinski definition) is 1. The van der Waals surface area contributed by atoms with Gasteiger partial charge in [-0.25, -0.2) is 15.2 Å². The number of amides is 2. The van der Waals surface area contributed by atoms with Crippen LogP contribution in [0.25, 0.3) is 0 Å². The van der Waals surface area contributed by atoms with Crippen molar-refractivity contribution in [2.24, 2.45) is 5.41 Å². The lowest BCUT2D eigenvalue weighted by atomic mass is 9.76. The molecule has 1 fully saturated rings. The maximum atomic E-state index is 13.1. The van der Waals surface area contributed by atoms with E-state index in [4.69, 9.17) is 32.7 Å². The van der Waals surface area contributed by atoms with Gasteiger partial charge in [0, 0.05) is 45.7 Å². The predicted octanol–water partition coefficient (Wildman–Crippen LogP) is 6.61. The smallest absolute Gasteiger partial charge is 0.426 e. The van der Waals surface area contributed by atoms with E-state index in [-0.39, 0.29) is 18.1 Å². The minimum Gasteiger partial charge on any atom is -0.494 e. The van der Waals surface area contributed by atoms with Crippen LogP contribution >= 0.6 is 23.2 Å². The van der Waals surface area contributed by atoms with Gasteiger partial charge in [0.05, 0.1) is 33.6 Å². The van der Waals surface area contributed by atoms with Crippen LogP contribution < -0.4 is 20.0 Å². The number of benzene rings is 2.